The molecule has 7 heteroatoms. The van der Waals surface area contributed by atoms with Gasteiger partial charge >= 0.3 is 0 Å². The number of nitrogens with zero attached hydrogens (tertiary/aromatic N) is 2. The second-order valence-electron chi connectivity index (χ2n) is 7.14. The Kier molecular flexibility index (Phi) is 12.1. The van der Waals surface area contributed by atoms with Crippen molar-refractivity contribution < 1.29 is 9.53 Å². The highest BCUT2D eigenvalue weighted by molar-refractivity contribution is 14.0. The van der Waals surface area contributed by atoms with Gasteiger partial charge in [0.05, 0.1) is 19.3 Å². The Morgan fingerprint density at radius 3 is 2.54 bits per heavy atom. The molecule has 0 aliphatic carbocycles. The fourth-order valence-electron chi connectivity index (χ4n) is 2.93. The predicted molar refractivity (Wildman–Crippen MR) is 125 cm³/mol. The Labute approximate surface area is 186 Å². The predicted octanol–water partition coefficient (Wildman–Crippen LogP) is 3.30. The van der Waals surface area contributed by atoms with Crippen molar-refractivity contribution in [2.24, 2.45) is 4.99 Å². The lowest BCUT2D eigenvalue weighted by molar-refractivity contribution is -0.127. The Bertz CT molecular complexity index is 605. The Hall–Kier alpha value is -1.35. The summed E-state index contributed by atoms with van der Waals surface area (Å²) in [5, 5.41) is 6.63. The first-order valence-corrected chi connectivity index (χ1v) is 10.1. The van der Waals surface area contributed by atoms with Gasteiger partial charge in [0.1, 0.15) is 0 Å². The molecule has 1 aliphatic heterocycles. The molecule has 1 aromatic rings. The van der Waals surface area contributed by atoms with E-state index in [4.69, 9.17) is 4.74 Å². The largest absolute Gasteiger partial charge is 0.374 e. The van der Waals surface area contributed by atoms with Crippen LogP contribution in [0.5, 0.6) is 0 Å². The average molecular weight is 502 g/mol. The van der Waals surface area contributed by atoms with Crippen molar-refractivity contribution in [3.63, 3.8) is 0 Å². The van der Waals surface area contributed by atoms with Crippen LogP contribution in [0.4, 0.5) is 0 Å². The highest BCUT2D eigenvalue weighted by Crippen LogP contribution is 2.09. The number of aliphatic imine (C=N–C) groups is 1. The molecule has 1 saturated heterocycles. The van der Waals surface area contributed by atoms with Crippen LogP contribution >= 0.6 is 24.0 Å². The van der Waals surface area contributed by atoms with Crippen molar-refractivity contribution in [1.29, 1.82) is 0 Å². The third-order valence-corrected chi connectivity index (χ3v) is 4.44. The molecule has 158 valence electrons. The third kappa shape index (κ3) is 9.23. The fourth-order valence-corrected chi connectivity index (χ4v) is 2.93. The van der Waals surface area contributed by atoms with E-state index in [1.54, 1.807) is 0 Å². The number of nitrogens with one attached hydrogen (secondary N) is 2. The summed E-state index contributed by atoms with van der Waals surface area (Å²) in [6.07, 6.45) is 2.88. The molecule has 0 bridgehead atoms. The van der Waals surface area contributed by atoms with E-state index in [1.165, 1.54) is 11.1 Å². The SMILES string of the molecule is CCNC(=NCc1ccc(COC(C)C)cc1)NCCCN1CCCC1=O.I. The molecule has 0 saturated carbocycles. The fraction of sp³-hybridized carbons (Fsp3) is 0.619. The maximum Gasteiger partial charge on any atom is 0.222 e. The van der Waals surface area contributed by atoms with Crippen LogP contribution in [0.15, 0.2) is 29.3 Å². The molecule has 2 N–H and O–H groups in total. The highest BCUT2D eigenvalue weighted by Gasteiger charge is 2.18. The Morgan fingerprint density at radius 1 is 1.21 bits per heavy atom. The number of carbonyl (C=O) groups is 1. The van der Waals surface area contributed by atoms with Crippen LogP contribution in [0.2, 0.25) is 0 Å². The zero-order valence-corrected chi connectivity index (χ0v) is 19.7. The van der Waals surface area contributed by atoms with Gasteiger partial charge in [-0.1, -0.05) is 24.3 Å². The molecule has 1 fully saturated rings. The van der Waals surface area contributed by atoms with E-state index >= 15 is 0 Å². The quantitative estimate of drug-likeness (QED) is 0.223. The van der Waals surface area contributed by atoms with Gasteiger partial charge in [0.2, 0.25) is 5.91 Å². The van der Waals surface area contributed by atoms with Gasteiger partial charge in [0, 0.05) is 32.6 Å². The van der Waals surface area contributed by atoms with Crippen LogP contribution in [-0.2, 0) is 22.7 Å². The van der Waals surface area contributed by atoms with Crippen molar-refractivity contribution >= 4 is 35.8 Å². The third-order valence-electron chi connectivity index (χ3n) is 4.44. The number of amides is 1. The average Bonchev–Trinajstić information content (AvgIpc) is 3.07. The lowest BCUT2D eigenvalue weighted by Crippen LogP contribution is -2.39. The van der Waals surface area contributed by atoms with Gasteiger partial charge in [0.25, 0.3) is 0 Å². The molecule has 0 radical (unpaired) electrons. The van der Waals surface area contributed by atoms with E-state index in [-0.39, 0.29) is 36.0 Å². The van der Waals surface area contributed by atoms with Crippen molar-refractivity contribution in [2.45, 2.75) is 59.3 Å². The van der Waals surface area contributed by atoms with Crippen molar-refractivity contribution in [3.05, 3.63) is 35.4 Å². The Balaban J connectivity index is 0.00000392. The minimum Gasteiger partial charge on any atom is -0.374 e. The van der Waals surface area contributed by atoms with E-state index in [2.05, 4.69) is 46.8 Å². The van der Waals surface area contributed by atoms with Crippen molar-refractivity contribution in [1.82, 2.24) is 15.5 Å². The summed E-state index contributed by atoms with van der Waals surface area (Å²) in [6, 6.07) is 8.40. The molecule has 0 unspecified atom stereocenters. The molecule has 0 aromatic heterocycles. The normalized spacial score (nSPS) is 14.4. The summed E-state index contributed by atoms with van der Waals surface area (Å²) in [4.78, 5) is 18.2. The monoisotopic (exact) mass is 502 g/mol. The number of likely N-dealkylation sites (tertiary alicyclic amines) is 1. The van der Waals surface area contributed by atoms with E-state index in [9.17, 15) is 4.79 Å². The zero-order chi connectivity index (χ0) is 19.5. The number of carbonyl (C=O) groups excluding carboxylic acids is 1. The molecular weight excluding hydrogens is 467 g/mol. The van der Waals surface area contributed by atoms with Gasteiger partial charge < -0.3 is 20.3 Å². The van der Waals surface area contributed by atoms with Crippen LogP contribution in [0, 0.1) is 0 Å². The van der Waals surface area contributed by atoms with Crippen LogP contribution in [-0.4, -0.2) is 49.0 Å². The highest BCUT2D eigenvalue weighted by atomic mass is 127. The van der Waals surface area contributed by atoms with Crippen LogP contribution in [0.3, 0.4) is 0 Å². The minimum atomic E-state index is 0. The van der Waals surface area contributed by atoms with E-state index < -0.39 is 0 Å². The van der Waals surface area contributed by atoms with Gasteiger partial charge in [-0.15, -0.1) is 24.0 Å². The first kappa shape index (κ1) is 24.7. The zero-order valence-electron chi connectivity index (χ0n) is 17.4. The topological polar surface area (TPSA) is 66.0 Å². The van der Waals surface area contributed by atoms with Crippen LogP contribution in [0.1, 0.15) is 51.2 Å². The summed E-state index contributed by atoms with van der Waals surface area (Å²) in [5.74, 6) is 1.11. The number of guanidine groups is 1. The maximum absolute atomic E-state index is 11.6. The number of benzene rings is 1. The number of hydrogen-bond acceptors (Lipinski definition) is 3. The second-order valence-corrected chi connectivity index (χ2v) is 7.14. The van der Waals surface area contributed by atoms with Gasteiger partial charge in [-0.2, -0.15) is 0 Å². The van der Waals surface area contributed by atoms with Crippen LogP contribution < -0.4 is 10.6 Å². The maximum atomic E-state index is 11.6. The molecule has 28 heavy (non-hydrogen) atoms. The number of hydrogen-bond donors (Lipinski definition) is 2. The summed E-state index contributed by atoms with van der Waals surface area (Å²) < 4.78 is 5.62. The molecular formula is C21H35IN4O2. The molecule has 1 aliphatic rings. The first-order chi connectivity index (χ1) is 13.1. The summed E-state index contributed by atoms with van der Waals surface area (Å²) in [6.45, 7) is 10.8. The minimum absolute atomic E-state index is 0. The summed E-state index contributed by atoms with van der Waals surface area (Å²) in [7, 11) is 0. The summed E-state index contributed by atoms with van der Waals surface area (Å²) in [5.41, 5.74) is 2.35. The van der Waals surface area contributed by atoms with Crippen molar-refractivity contribution in [2.75, 3.05) is 26.2 Å². The summed E-state index contributed by atoms with van der Waals surface area (Å²) >= 11 is 0. The van der Waals surface area contributed by atoms with Gasteiger partial charge in [-0.3, -0.25) is 4.79 Å². The molecule has 1 aromatic carbocycles. The van der Waals surface area contributed by atoms with Gasteiger partial charge in [0.15, 0.2) is 5.96 Å². The lowest BCUT2D eigenvalue weighted by Gasteiger charge is -2.16. The molecule has 1 heterocycles. The molecule has 0 atom stereocenters. The van der Waals surface area contributed by atoms with Crippen LogP contribution in [0.25, 0.3) is 0 Å². The standard InChI is InChI=1S/C21H34N4O2.HI/c1-4-22-21(23-12-6-14-25-13-5-7-20(25)26)24-15-18-8-10-19(11-9-18)16-27-17(2)3;/h8-11,17H,4-7,12-16H2,1-3H3,(H2,22,23,24);1H. The van der Waals surface area contributed by atoms with Gasteiger partial charge in [-0.25, -0.2) is 4.99 Å². The Morgan fingerprint density at radius 2 is 1.93 bits per heavy atom. The molecule has 2 rings (SSSR count). The smallest absolute Gasteiger partial charge is 0.222 e. The second kappa shape index (κ2) is 13.8. The first-order valence-electron chi connectivity index (χ1n) is 10.1. The number of ether oxygens (including phenoxy) is 1. The van der Waals surface area contributed by atoms with Crippen molar-refractivity contribution in [3.8, 4) is 0 Å². The van der Waals surface area contributed by atoms with E-state index in [0.29, 0.717) is 19.6 Å². The van der Waals surface area contributed by atoms with E-state index in [1.807, 2.05) is 18.7 Å². The molecule has 6 nitrogen and oxygen atoms in total. The lowest BCUT2D eigenvalue weighted by atomic mass is 10.1. The van der Waals surface area contributed by atoms with Gasteiger partial charge in [-0.05, 0) is 44.7 Å². The number of halogens is 1. The molecule has 1 amide bonds. The number of rotatable bonds is 10. The van der Waals surface area contributed by atoms with E-state index in [0.717, 1.165) is 45.0 Å². The molecule has 0 spiro atoms.